The van der Waals surface area contributed by atoms with Crippen molar-refractivity contribution in [3.8, 4) is 5.75 Å². The maximum Gasteiger partial charge on any atom is 0.233 e. The Hall–Kier alpha value is -2.35. The number of ether oxygens (including phenoxy) is 1. The first-order valence-corrected chi connectivity index (χ1v) is 9.15. The van der Waals surface area contributed by atoms with Gasteiger partial charge in [-0.25, -0.2) is 4.98 Å². The number of amides is 1. The van der Waals surface area contributed by atoms with E-state index < -0.39 is 0 Å². The summed E-state index contributed by atoms with van der Waals surface area (Å²) in [6.45, 7) is 5.36. The highest BCUT2D eigenvalue weighted by atomic mass is 32.2. The zero-order valence-corrected chi connectivity index (χ0v) is 15.6. The Kier molecular flexibility index (Phi) is 5.08. The van der Waals surface area contributed by atoms with Gasteiger partial charge in [-0.15, -0.1) is 10.2 Å². The van der Waals surface area contributed by atoms with E-state index in [0.717, 1.165) is 27.8 Å². The highest BCUT2D eigenvalue weighted by molar-refractivity contribution is 7.99. The van der Waals surface area contributed by atoms with Crippen LogP contribution in [0, 0.1) is 0 Å². The molecule has 0 radical (unpaired) electrons. The van der Waals surface area contributed by atoms with E-state index in [1.807, 2.05) is 43.7 Å². The molecular formula is C17H21N5O2S. The van der Waals surface area contributed by atoms with Crippen molar-refractivity contribution in [2.45, 2.75) is 19.0 Å². The molecule has 8 heteroatoms. The van der Waals surface area contributed by atoms with Gasteiger partial charge < -0.3 is 14.2 Å². The largest absolute Gasteiger partial charge is 0.497 e. The number of hydrogen-bond donors (Lipinski definition) is 0. The van der Waals surface area contributed by atoms with Crippen LogP contribution in [0.3, 0.4) is 0 Å². The highest BCUT2D eigenvalue weighted by Gasteiger charge is 2.15. The second-order valence-electron chi connectivity index (χ2n) is 5.56. The summed E-state index contributed by atoms with van der Waals surface area (Å²) >= 11 is 1.31. The van der Waals surface area contributed by atoms with Crippen LogP contribution in [-0.4, -0.2) is 56.5 Å². The van der Waals surface area contributed by atoms with Gasteiger partial charge in [0.05, 0.1) is 18.4 Å². The molecule has 0 aliphatic heterocycles. The van der Waals surface area contributed by atoms with Crippen LogP contribution in [0.15, 0.2) is 23.4 Å². The second kappa shape index (κ2) is 7.26. The molecule has 0 aliphatic rings. The molecule has 3 aromatic rings. The maximum atomic E-state index is 12.1. The fourth-order valence-electron chi connectivity index (χ4n) is 2.80. The summed E-state index contributed by atoms with van der Waals surface area (Å²) < 4.78 is 7.27. The van der Waals surface area contributed by atoms with Crippen LogP contribution in [0.2, 0.25) is 0 Å². The molecular weight excluding hydrogens is 338 g/mol. The molecule has 0 aliphatic carbocycles. The lowest BCUT2D eigenvalue weighted by Crippen LogP contribution is -2.31. The summed E-state index contributed by atoms with van der Waals surface area (Å²) in [4.78, 5) is 18.5. The summed E-state index contributed by atoms with van der Waals surface area (Å²) in [5.74, 6) is 1.16. The van der Waals surface area contributed by atoms with Crippen LogP contribution in [0.1, 0.15) is 13.8 Å². The van der Waals surface area contributed by atoms with Crippen molar-refractivity contribution in [1.29, 1.82) is 0 Å². The highest BCUT2D eigenvalue weighted by Crippen LogP contribution is 2.29. The summed E-state index contributed by atoms with van der Waals surface area (Å²) in [5.41, 5.74) is 2.49. The standard InChI is InChI=1S/C17H21N5O2S/c1-5-22(6-2)14(23)10-25-17-18-16-15(19-20-17)12-9-11(24-4)7-8-13(12)21(16)3/h7-9H,5-6,10H2,1-4H3. The van der Waals surface area contributed by atoms with Crippen molar-refractivity contribution in [3.05, 3.63) is 18.2 Å². The van der Waals surface area contributed by atoms with Gasteiger partial charge in [0, 0.05) is 25.5 Å². The topological polar surface area (TPSA) is 73.1 Å². The smallest absolute Gasteiger partial charge is 0.233 e. The molecule has 132 valence electrons. The van der Waals surface area contributed by atoms with Crippen LogP contribution in [-0.2, 0) is 11.8 Å². The summed E-state index contributed by atoms with van der Waals surface area (Å²) in [6.07, 6.45) is 0. The van der Waals surface area contributed by atoms with Gasteiger partial charge in [-0.1, -0.05) is 11.8 Å². The van der Waals surface area contributed by atoms with Crippen LogP contribution >= 0.6 is 11.8 Å². The monoisotopic (exact) mass is 359 g/mol. The number of carbonyl (C=O) groups is 1. The molecule has 1 aromatic carbocycles. The molecule has 3 rings (SSSR count). The number of thioether (sulfide) groups is 1. The van der Waals surface area contributed by atoms with E-state index in [4.69, 9.17) is 4.74 Å². The number of rotatable bonds is 6. The Morgan fingerprint density at radius 2 is 2.04 bits per heavy atom. The summed E-state index contributed by atoms with van der Waals surface area (Å²) in [5, 5.41) is 9.98. The van der Waals surface area contributed by atoms with E-state index in [1.165, 1.54) is 11.8 Å². The zero-order valence-electron chi connectivity index (χ0n) is 14.8. The molecule has 2 heterocycles. The zero-order chi connectivity index (χ0) is 18.0. The van der Waals surface area contributed by atoms with Crippen LogP contribution < -0.4 is 4.74 Å². The van der Waals surface area contributed by atoms with E-state index in [0.29, 0.717) is 24.0 Å². The number of benzene rings is 1. The number of hydrogen-bond acceptors (Lipinski definition) is 6. The number of nitrogens with zero attached hydrogens (tertiary/aromatic N) is 5. The van der Waals surface area contributed by atoms with Gasteiger partial charge in [0.25, 0.3) is 0 Å². The van der Waals surface area contributed by atoms with Crippen LogP contribution in [0.4, 0.5) is 0 Å². The van der Waals surface area contributed by atoms with Crippen LogP contribution in [0.5, 0.6) is 5.75 Å². The van der Waals surface area contributed by atoms with Gasteiger partial charge in [0.15, 0.2) is 5.65 Å². The fraction of sp³-hybridized carbons (Fsp3) is 0.412. The third-order valence-corrected chi connectivity index (χ3v) is 5.05. The van der Waals surface area contributed by atoms with Gasteiger partial charge in [0.1, 0.15) is 11.3 Å². The van der Waals surface area contributed by atoms with Gasteiger partial charge in [-0.2, -0.15) is 0 Å². The molecule has 0 N–H and O–H groups in total. The number of aryl methyl sites for hydroxylation is 1. The summed E-state index contributed by atoms with van der Waals surface area (Å²) in [7, 11) is 3.58. The number of carbonyl (C=O) groups excluding carboxylic acids is 1. The average Bonchev–Trinajstić information content (AvgIpc) is 2.92. The Morgan fingerprint density at radius 1 is 1.28 bits per heavy atom. The lowest BCUT2D eigenvalue weighted by atomic mass is 10.2. The fourth-order valence-corrected chi connectivity index (χ4v) is 3.49. The Labute approximate surface area is 150 Å². The SMILES string of the molecule is CCN(CC)C(=O)CSc1nnc2c3cc(OC)ccc3n(C)c2n1. The second-order valence-corrected chi connectivity index (χ2v) is 6.51. The summed E-state index contributed by atoms with van der Waals surface area (Å²) in [6, 6.07) is 5.83. The third-order valence-electron chi connectivity index (χ3n) is 4.23. The Balaban J connectivity index is 1.91. The molecule has 0 bridgehead atoms. The van der Waals surface area contributed by atoms with Crippen LogP contribution in [0.25, 0.3) is 22.1 Å². The lowest BCUT2D eigenvalue weighted by molar-refractivity contribution is -0.127. The van der Waals surface area contributed by atoms with Crippen molar-refractivity contribution < 1.29 is 9.53 Å². The van der Waals surface area contributed by atoms with Crippen molar-refractivity contribution in [2.24, 2.45) is 7.05 Å². The Bertz CT molecular complexity index is 920. The predicted octanol–water partition coefficient (Wildman–Crippen LogP) is 2.49. The molecule has 0 atom stereocenters. The molecule has 0 saturated carbocycles. The van der Waals surface area contributed by atoms with Gasteiger partial charge >= 0.3 is 0 Å². The van der Waals surface area contributed by atoms with Crippen molar-refractivity contribution in [3.63, 3.8) is 0 Å². The van der Waals surface area contributed by atoms with Crippen molar-refractivity contribution in [2.75, 3.05) is 26.0 Å². The van der Waals surface area contributed by atoms with E-state index in [1.54, 1.807) is 12.0 Å². The van der Waals surface area contributed by atoms with E-state index in [9.17, 15) is 4.79 Å². The van der Waals surface area contributed by atoms with Gasteiger partial charge in [0.2, 0.25) is 11.1 Å². The first kappa shape index (κ1) is 17.5. The van der Waals surface area contributed by atoms with E-state index >= 15 is 0 Å². The molecule has 7 nitrogen and oxygen atoms in total. The first-order chi connectivity index (χ1) is 12.1. The molecule has 25 heavy (non-hydrogen) atoms. The molecule has 1 amide bonds. The Morgan fingerprint density at radius 3 is 2.72 bits per heavy atom. The lowest BCUT2D eigenvalue weighted by Gasteiger charge is -2.17. The van der Waals surface area contributed by atoms with Gasteiger partial charge in [-0.05, 0) is 32.0 Å². The molecule has 2 aromatic heterocycles. The number of methoxy groups -OCH3 is 1. The predicted molar refractivity (Wildman–Crippen MR) is 99.0 cm³/mol. The minimum Gasteiger partial charge on any atom is -0.497 e. The van der Waals surface area contributed by atoms with Gasteiger partial charge in [-0.3, -0.25) is 4.79 Å². The quantitative estimate of drug-likeness (QED) is 0.630. The molecule has 0 spiro atoms. The van der Waals surface area contributed by atoms with Crippen molar-refractivity contribution in [1.82, 2.24) is 24.6 Å². The molecule has 0 fully saturated rings. The first-order valence-electron chi connectivity index (χ1n) is 8.16. The molecule has 0 unspecified atom stereocenters. The third kappa shape index (κ3) is 3.26. The van der Waals surface area contributed by atoms with Crippen molar-refractivity contribution >= 4 is 39.7 Å². The minimum atomic E-state index is 0.0838. The minimum absolute atomic E-state index is 0.0838. The van der Waals surface area contributed by atoms with E-state index in [-0.39, 0.29) is 5.91 Å². The normalized spacial score (nSPS) is 11.2. The number of fused-ring (bicyclic) bond motifs is 3. The molecule has 0 saturated heterocycles. The average molecular weight is 359 g/mol. The maximum absolute atomic E-state index is 12.1. The number of aromatic nitrogens is 4. The van der Waals surface area contributed by atoms with E-state index in [2.05, 4.69) is 15.2 Å².